The molecule has 0 aliphatic carbocycles. The lowest BCUT2D eigenvalue weighted by atomic mass is 10.1. The molecular weight excluding hydrogens is 382 g/mol. The number of aromatic hydroxyl groups is 1. The average Bonchev–Trinajstić information content (AvgIpc) is 2.84. The van der Waals surface area contributed by atoms with E-state index in [2.05, 4.69) is 0 Å². The summed E-state index contributed by atoms with van der Waals surface area (Å²) < 4.78 is 0.269. The van der Waals surface area contributed by atoms with Gasteiger partial charge in [0.2, 0.25) is 0 Å². The van der Waals surface area contributed by atoms with Crippen LogP contribution in [0.4, 0.5) is 5.69 Å². The smallest absolute Gasteiger partial charge is 0.339 e. The molecule has 1 amide bonds. The zero-order valence-corrected chi connectivity index (χ0v) is 14.9. The van der Waals surface area contributed by atoms with Gasteiger partial charge in [-0.15, -0.1) is 0 Å². The molecule has 0 saturated carbocycles. The van der Waals surface area contributed by atoms with Crippen molar-refractivity contribution in [1.29, 1.82) is 0 Å². The lowest BCUT2D eigenvalue weighted by molar-refractivity contribution is -0.113. The van der Waals surface area contributed by atoms with Crippen LogP contribution in [0.1, 0.15) is 15.9 Å². The fourth-order valence-electron chi connectivity index (χ4n) is 2.26. The topological polar surface area (TPSA) is 77.8 Å². The second-order valence-corrected chi connectivity index (χ2v) is 7.13. The summed E-state index contributed by atoms with van der Waals surface area (Å²) in [5.74, 6) is -2.05. The highest BCUT2D eigenvalue weighted by molar-refractivity contribution is 8.27. The number of thioether (sulfide) groups is 1. The molecule has 0 spiro atoms. The first-order valence-electron chi connectivity index (χ1n) is 6.97. The van der Waals surface area contributed by atoms with Crippen LogP contribution in [0.3, 0.4) is 0 Å². The number of anilines is 1. The highest BCUT2D eigenvalue weighted by Gasteiger charge is 2.34. The van der Waals surface area contributed by atoms with Gasteiger partial charge in [-0.3, -0.25) is 9.69 Å². The van der Waals surface area contributed by atoms with Gasteiger partial charge in [0.25, 0.3) is 5.91 Å². The first-order chi connectivity index (χ1) is 11.9. The fourth-order valence-corrected chi connectivity index (χ4v) is 3.74. The van der Waals surface area contributed by atoms with Gasteiger partial charge in [-0.05, 0) is 35.9 Å². The Morgan fingerprint density at radius 1 is 1.24 bits per heavy atom. The highest BCUT2D eigenvalue weighted by atomic mass is 35.5. The molecule has 1 fully saturated rings. The molecule has 1 saturated heterocycles. The van der Waals surface area contributed by atoms with Crippen molar-refractivity contribution in [3.8, 4) is 5.75 Å². The predicted molar refractivity (Wildman–Crippen MR) is 102 cm³/mol. The minimum absolute atomic E-state index is 0.269. The Hall–Kier alpha value is -2.35. The number of hydrogen-bond donors (Lipinski definition) is 2. The Kier molecular flexibility index (Phi) is 4.80. The molecule has 126 valence electrons. The summed E-state index contributed by atoms with van der Waals surface area (Å²) in [7, 11) is 0. The van der Waals surface area contributed by atoms with Gasteiger partial charge in [0.05, 0.1) is 10.6 Å². The molecule has 1 aliphatic rings. The van der Waals surface area contributed by atoms with E-state index < -0.39 is 5.97 Å². The highest BCUT2D eigenvalue weighted by Crippen LogP contribution is 2.37. The maximum atomic E-state index is 12.7. The molecule has 1 heterocycles. The molecule has 0 radical (unpaired) electrons. The Morgan fingerprint density at radius 2 is 1.96 bits per heavy atom. The lowest BCUT2D eigenvalue weighted by Crippen LogP contribution is -2.27. The fraction of sp³-hybridized carbons (Fsp3) is 0. The Labute approximate surface area is 157 Å². The van der Waals surface area contributed by atoms with E-state index in [1.165, 1.54) is 23.1 Å². The van der Waals surface area contributed by atoms with Crippen LogP contribution in [0.2, 0.25) is 5.02 Å². The summed E-state index contributed by atoms with van der Waals surface area (Å²) in [5.41, 5.74) is 0.656. The predicted octanol–water partition coefficient (Wildman–Crippen LogP) is 4.15. The first kappa shape index (κ1) is 17.5. The van der Waals surface area contributed by atoms with Crippen LogP contribution in [0.25, 0.3) is 6.08 Å². The molecule has 0 aromatic heterocycles. The van der Waals surface area contributed by atoms with Gasteiger partial charge < -0.3 is 10.2 Å². The van der Waals surface area contributed by atoms with E-state index >= 15 is 0 Å². The van der Waals surface area contributed by atoms with Crippen molar-refractivity contribution in [3.63, 3.8) is 0 Å². The molecule has 2 aromatic carbocycles. The number of thiocarbonyl (C=S) groups is 1. The van der Waals surface area contributed by atoms with Gasteiger partial charge in [-0.25, -0.2) is 4.79 Å². The van der Waals surface area contributed by atoms with Crippen LogP contribution in [0, 0.1) is 0 Å². The molecule has 2 N–H and O–H groups in total. The molecule has 0 unspecified atom stereocenters. The van der Waals surface area contributed by atoms with Gasteiger partial charge in [0.1, 0.15) is 11.3 Å². The van der Waals surface area contributed by atoms with Crippen LogP contribution >= 0.6 is 35.6 Å². The quantitative estimate of drug-likeness (QED) is 0.604. The number of rotatable bonds is 3. The van der Waals surface area contributed by atoms with E-state index in [1.54, 1.807) is 30.3 Å². The molecule has 0 bridgehead atoms. The summed E-state index contributed by atoms with van der Waals surface area (Å²) in [5, 5.41) is 19.2. The number of halogens is 1. The molecule has 0 atom stereocenters. The summed E-state index contributed by atoms with van der Waals surface area (Å²) >= 11 is 12.5. The van der Waals surface area contributed by atoms with Crippen molar-refractivity contribution in [2.75, 3.05) is 4.90 Å². The van der Waals surface area contributed by atoms with E-state index in [0.29, 0.717) is 15.5 Å². The third-order valence-electron chi connectivity index (χ3n) is 3.45. The Morgan fingerprint density at radius 3 is 2.64 bits per heavy atom. The van der Waals surface area contributed by atoms with Crippen LogP contribution in [-0.2, 0) is 4.79 Å². The van der Waals surface area contributed by atoms with Crippen molar-refractivity contribution in [2.24, 2.45) is 0 Å². The Bertz CT molecular complexity index is 942. The number of carbonyl (C=O) groups is 2. The van der Waals surface area contributed by atoms with Crippen molar-refractivity contribution in [2.45, 2.75) is 0 Å². The van der Waals surface area contributed by atoms with Crippen molar-refractivity contribution in [3.05, 3.63) is 63.5 Å². The minimum Gasteiger partial charge on any atom is -0.507 e. The number of amides is 1. The third kappa shape index (κ3) is 3.39. The van der Waals surface area contributed by atoms with Gasteiger partial charge in [0.15, 0.2) is 4.32 Å². The third-order valence-corrected chi connectivity index (χ3v) is 5.10. The zero-order chi connectivity index (χ0) is 18.1. The van der Waals surface area contributed by atoms with Crippen molar-refractivity contribution < 1.29 is 19.8 Å². The van der Waals surface area contributed by atoms with Gasteiger partial charge in [0, 0.05) is 5.02 Å². The van der Waals surface area contributed by atoms with Gasteiger partial charge in [-0.2, -0.15) is 0 Å². The van der Waals surface area contributed by atoms with Gasteiger partial charge >= 0.3 is 5.97 Å². The van der Waals surface area contributed by atoms with Crippen molar-refractivity contribution in [1.82, 2.24) is 0 Å². The summed E-state index contributed by atoms with van der Waals surface area (Å²) in [6, 6.07) is 10.9. The molecule has 2 aromatic rings. The minimum atomic E-state index is -1.29. The second-order valence-electron chi connectivity index (χ2n) is 5.05. The van der Waals surface area contributed by atoms with E-state index in [-0.39, 0.29) is 27.2 Å². The number of aromatic carboxylic acids is 1. The van der Waals surface area contributed by atoms with E-state index in [9.17, 15) is 14.7 Å². The lowest BCUT2D eigenvalue weighted by Gasteiger charge is -2.15. The molecule has 1 aliphatic heterocycles. The van der Waals surface area contributed by atoms with E-state index in [4.69, 9.17) is 28.9 Å². The van der Waals surface area contributed by atoms with Crippen molar-refractivity contribution >= 4 is 63.5 Å². The number of hydrogen-bond acceptors (Lipinski definition) is 5. The van der Waals surface area contributed by atoms with Crippen LogP contribution < -0.4 is 4.90 Å². The molecule has 3 rings (SSSR count). The van der Waals surface area contributed by atoms with Gasteiger partial charge in [-0.1, -0.05) is 53.8 Å². The van der Waals surface area contributed by atoms with Crippen LogP contribution in [0.5, 0.6) is 5.75 Å². The molecule has 25 heavy (non-hydrogen) atoms. The number of nitrogens with zero attached hydrogens (tertiary/aromatic N) is 1. The second kappa shape index (κ2) is 6.87. The number of phenols is 1. The molecule has 8 heteroatoms. The number of carbonyl (C=O) groups excluding carboxylic acids is 1. The monoisotopic (exact) mass is 391 g/mol. The largest absolute Gasteiger partial charge is 0.507 e. The van der Waals surface area contributed by atoms with E-state index in [1.807, 2.05) is 0 Å². The van der Waals surface area contributed by atoms with E-state index in [0.717, 1.165) is 11.8 Å². The molecule has 5 nitrogen and oxygen atoms in total. The number of carboxylic acids is 1. The first-order valence-corrected chi connectivity index (χ1v) is 8.57. The molecular formula is C17H10ClNO4S2. The number of benzene rings is 2. The Balaban J connectivity index is 1.99. The number of carboxylic acid groups (broad SMARTS) is 1. The standard InChI is InChI=1S/C17H10ClNO4S2/c18-12-4-2-1-3-9(12)7-14-15(21)19(17(24)25-14)10-5-6-13(20)11(8-10)16(22)23/h1-8,20H,(H,22,23)/b14-7-. The summed E-state index contributed by atoms with van der Waals surface area (Å²) in [4.78, 5) is 25.5. The zero-order valence-electron chi connectivity index (χ0n) is 12.5. The maximum Gasteiger partial charge on any atom is 0.339 e. The van der Waals surface area contributed by atoms with Crippen LogP contribution in [-0.4, -0.2) is 26.4 Å². The SMILES string of the molecule is O=C(O)c1cc(N2C(=O)/C(=C/c3ccccc3Cl)SC2=S)ccc1O. The normalized spacial score (nSPS) is 15.9. The summed E-state index contributed by atoms with van der Waals surface area (Å²) in [6.45, 7) is 0. The maximum absolute atomic E-state index is 12.7. The summed E-state index contributed by atoms with van der Waals surface area (Å²) in [6.07, 6.45) is 1.64. The van der Waals surface area contributed by atoms with Crippen LogP contribution in [0.15, 0.2) is 47.4 Å². The average molecular weight is 392 g/mol.